The number of carbonyl (C=O) groups is 1. The quantitative estimate of drug-likeness (QED) is 0.279. The zero-order valence-electron chi connectivity index (χ0n) is 21.5. The van der Waals surface area contributed by atoms with Gasteiger partial charge in [-0.2, -0.15) is 0 Å². The third-order valence-electron chi connectivity index (χ3n) is 7.23. The summed E-state index contributed by atoms with van der Waals surface area (Å²) in [6, 6.07) is 19.9. The predicted octanol–water partition coefficient (Wildman–Crippen LogP) is 4.92. The normalized spacial score (nSPS) is 14.0. The Labute approximate surface area is 221 Å². The third kappa shape index (κ3) is 5.14. The summed E-state index contributed by atoms with van der Waals surface area (Å²) in [6.07, 6.45) is 0. The molecule has 9 nitrogen and oxygen atoms in total. The van der Waals surface area contributed by atoms with Gasteiger partial charge < -0.3 is 16.0 Å². The number of amides is 1. The summed E-state index contributed by atoms with van der Waals surface area (Å²) in [7, 11) is 0. The van der Waals surface area contributed by atoms with Gasteiger partial charge in [-0.3, -0.25) is 24.8 Å². The minimum atomic E-state index is -0.385. The summed E-state index contributed by atoms with van der Waals surface area (Å²) >= 11 is 0. The molecule has 1 amide bonds. The highest BCUT2D eigenvalue weighted by Gasteiger charge is 2.20. The summed E-state index contributed by atoms with van der Waals surface area (Å²) < 4.78 is 0. The van der Waals surface area contributed by atoms with Crippen LogP contribution < -0.4 is 16.0 Å². The van der Waals surface area contributed by atoms with Gasteiger partial charge in [0.15, 0.2) is 0 Å². The summed E-state index contributed by atoms with van der Waals surface area (Å²) in [6.45, 7) is 7.79. The number of piperazine rings is 1. The number of nitrogens with zero attached hydrogens (tertiary/aromatic N) is 4. The van der Waals surface area contributed by atoms with Gasteiger partial charge in [0.1, 0.15) is 0 Å². The van der Waals surface area contributed by atoms with Gasteiger partial charge in [0.2, 0.25) is 0 Å². The number of hydrogen-bond donors (Lipinski definition) is 2. The van der Waals surface area contributed by atoms with Crippen molar-refractivity contribution in [3.63, 3.8) is 0 Å². The highest BCUT2D eigenvalue weighted by Crippen LogP contribution is 2.28. The monoisotopic (exact) mass is 510 g/mol. The second kappa shape index (κ2) is 10.5. The van der Waals surface area contributed by atoms with Crippen molar-refractivity contribution in [1.82, 2.24) is 9.88 Å². The molecule has 0 unspecified atom stereocenters. The van der Waals surface area contributed by atoms with Gasteiger partial charge in [0.25, 0.3) is 11.6 Å². The van der Waals surface area contributed by atoms with Crippen molar-refractivity contribution in [1.29, 1.82) is 0 Å². The van der Waals surface area contributed by atoms with E-state index in [1.54, 1.807) is 24.3 Å². The molecule has 4 aromatic rings. The molecule has 0 aliphatic carbocycles. The molecule has 3 N–H and O–H groups in total. The number of nitrogens with one attached hydrogen (secondary N) is 1. The third-order valence-corrected chi connectivity index (χ3v) is 7.23. The van der Waals surface area contributed by atoms with E-state index in [0.717, 1.165) is 59.6 Å². The van der Waals surface area contributed by atoms with E-state index in [0.29, 0.717) is 23.5 Å². The lowest BCUT2D eigenvalue weighted by Gasteiger charge is -2.36. The number of pyridine rings is 1. The van der Waals surface area contributed by atoms with Crippen LogP contribution in [0.3, 0.4) is 0 Å². The van der Waals surface area contributed by atoms with Crippen LogP contribution in [0.5, 0.6) is 0 Å². The molecular formula is C29H30N6O3. The van der Waals surface area contributed by atoms with Gasteiger partial charge in [-0.25, -0.2) is 0 Å². The largest absolute Gasteiger partial charge is 0.398 e. The Balaban J connectivity index is 1.26. The summed E-state index contributed by atoms with van der Waals surface area (Å²) in [5.41, 5.74) is 13.0. The fourth-order valence-corrected chi connectivity index (χ4v) is 4.86. The fraction of sp³-hybridized carbons (Fsp3) is 0.241. The van der Waals surface area contributed by atoms with Crippen molar-refractivity contribution in [2.24, 2.45) is 0 Å². The number of nitro benzene ring substituents is 1. The highest BCUT2D eigenvalue weighted by molar-refractivity contribution is 6.06. The number of benzene rings is 3. The van der Waals surface area contributed by atoms with E-state index in [4.69, 9.17) is 5.73 Å². The molecule has 2 heterocycles. The van der Waals surface area contributed by atoms with Gasteiger partial charge >= 0.3 is 0 Å². The summed E-state index contributed by atoms with van der Waals surface area (Å²) in [4.78, 5) is 33.0. The lowest BCUT2D eigenvalue weighted by atomic mass is 10.0. The van der Waals surface area contributed by atoms with Crippen LogP contribution in [0.2, 0.25) is 0 Å². The second-order valence-corrected chi connectivity index (χ2v) is 9.62. The molecule has 38 heavy (non-hydrogen) atoms. The zero-order chi connectivity index (χ0) is 26.8. The Hall–Kier alpha value is -4.50. The van der Waals surface area contributed by atoms with Crippen molar-refractivity contribution >= 4 is 39.6 Å². The average Bonchev–Trinajstić information content (AvgIpc) is 2.93. The summed E-state index contributed by atoms with van der Waals surface area (Å²) in [5, 5.41) is 14.8. The number of anilines is 3. The van der Waals surface area contributed by atoms with Crippen LogP contribution in [-0.2, 0) is 6.54 Å². The number of nitrogens with two attached hydrogens (primary N) is 1. The van der Waals surface area contributed by atoms with E-state index in [2.05, 4.69) is 20.1 Å². The number of carbonyl (C=O) groups excluding carboxylic acids is 1. The molecule has 1 aliphatic heterocycles. The lowest BCUT2D eigenvalue weighted by Crippen LogP contribution is -2.46. The molecule has 3 aromatic carbocycles. The predicted molar refractivity (Wildman–Crippen MR) is 151 cm³/mol. The molecule has 1 fully saturated rings. The molecule has 0 bridgehead atoms. The fourth-order valence-electron chi connectivity index (χ4n) is 4.86. The molecule has 194 valence electrons. The molecule has 0 radical (unpaired) electrons. The first-order valence-electron chi connectivity index (χ1n) is 12.6. The first-order valence-corrected chi connectivity index (χ1v) is 12.6. The van der Waals surface area contributed by atoms with Crippen LogP contribution in [-0.4, -0.2) is 46.9 Å². The van der Waals surface area contributed by atoms with Crippen LogP contribution >= 0.6 is 0 Å². The van der Waals surface area contributed by atoms with E-state index >= 15 is 0 Å². The maximum atomic E-state index is 13.3. The number of aromatic nitrogens is 1. The Morgan fingerprint density at radius 3 is 2.45 bits per heavy atom. The van der Waals surface area contributed by atoms with Crippen molar-refractivity contribution in [2.75, 3.05) is 42.1 Å². The van der Waals surface area contributed by atoms with Gasteiger partial charge in [0.05, 0.1) is 10.4 Å². The van der Waals surface area contributed by atoms with E-state index < -0.39 is 0 Å². The van der Waals surface area contributed by atoms with Gasteiger partial charge in [-0.1, -0.05) is 18.2 Å². The van der Waals surface area contributed by atoms with Crippen LogP contribution in [0.1, 0.15) is 27.2 Å². The number of nitro groups is 1. The maximum absolute atomic E-state index is 13.3. The molecule has 1 aromatic heterocycles. The smallest absolute Gasteiger partial charge is 0.269 e. The van der Waals surface area contributed by atoms with E-state index in [1.165, 1.54) is 0 Å². The molecule has 1 aliphatic rings. The number of nitrogen functional groups attached to an aromatic ring is 1. The Kier molecular flexibility index (Phi) is 6.93. The van der Waals surface area contributed by atoms with Crippen molar-refractivity contribution in [3.05, 3.63) is 99.2 Å². The minimum absolute atomic E-state index is 0.0938. The molecule has 9 heteroatoms. The Morgan fingerprint density at radius 1 is 1.03 bits per heavy atom. The topological polar surface area (TPSA) is 118 Å². The summed E-state index contributed by atoms with van der Waals surface area (Å²) in [5.74, 6) is -0.167. The van der Waals surface area contributed by atoms with E-state index in [9.17, 15) is 14.9 Å². The number of aryl methyl sites for hydroxylation is 1. The standard InChI is InChI=1S/C29H30N6O3/c1-19-20(2)31-27-12-7-22(17-26(27)28(19)30)32-29(36)25-6-4-3-5-21(25)18-33-13-15-34(16-14-33)23-8-10-24(11-9-23)35(37)38/h3-12,17H,13-16,18H2,1-2H3,(H2,30,31)(H,32,36). The van der Waals surface area contributed by atoms with Crippen molar-refractivity contribution in [2.45, 2.75) is 20.4 Å². The first kappa shape index (κ1) is 25.2. The van der Waals surface area contributed by atoms with Crippen LogP contribution in [0, 0.1) is 24.0 Å². The van der Waals surface area contributed by atoms with Crippen molar-refractivity contribution < 1.29 is 9.72 Å². The van der Waals surface area contributed by atoms with Crippen molar-refractivity contribution in [3.8, 4) is 0 Å². The minimum Gasteiger partial charge on any atom is -0.398 e. The lowest BCUT2D eigenvalue weighted by molar-refractivity contribution is -0.384. The van der Waals surface area contributed by atoms with Gasteiger partial charge in [0, 0.05) is 78.6 Å². The average molecular weight is 511 g/mol. The number of fused-ring (bicyclic) bond motifs is 1. The highest BCUT2D eigenvalue weighted by atomic mass is 16.6. The maximum Gasteiger partial charge on any atom is 0.269 e. The zero-order valence-corrected chi connectivity index (χ0v) is 21.5. The Bertz CT molecular complexity index is 1510. The molecule has 0 atom stereocenters. The van der Waals surface area contributed by atoms with Crippen LogP contribution in [0.4, 0.5) is 22.7 Å². The molecule has 5 rings (SSSR count). The number of rotatable bonds is 6. The molecule has 0 spiro atoms. The van der Waals surface area contributed by atoms with Crippen LogP contribution in [0.15, 0.2) is 66.7 Å². The van der Waals surface area contributed by atoms with Gasteiger partial charge in [-0.15, -0.1) is 0 Å². The number of non-ortho nitro benzene ring substituents is 1. The SMILES string of the molecule is Cc1nc2ccc(NC(=O)c3ccccc3CN3CCN(c4ccc([N+](=O)[O-])cc4)CC3)cc2c(N)c1C. The number of hydrogen-bond acceptors (Lipinski definition) is 7. The molecular weight excluding hydrogens is 480 g/mol. The van der Waals surface area contributed by atoms with Crippen LogP contribution in [0.25, 0.3) is 10.9 Å². The molecule has 1 saturated heterocycles. The Morgan fingerprint density at radius 2 is 1.74 bits per heavy atom. The van der Waals surface area contributed by atoms with Gasteiger partial charge in [-0.05, 0) is 61.4 Å². The second-order valence-electron chi connectivity index (χ2n) is 9.62. The van der Waals surface area contributed by atoms with E-state index in [-0.39, 0.29) is 16.5 Å². The molecule has 0 saturated carbocycles. The van der Waals surface area contributed by atoms with E-state index in [1.807, 2.05) is 56.3 Å². The first-order chi connectivity index (χ1) is 18.3.